The molecule has 1 heterocycles. The Morgan fingerprint density at radius 3 is 2.45 bits per heavy atom. The van der Waals surface area contributed by atoms with Crippen LogP contribution in [0.2, 0.25) is 0 Å². The van der Waals surface area contributed by atoms with Crippen molar-refractivity contribution in [3.8, 4) is 6.07 Å². The lowest BCUT2D eigenvalue weighted by atomic mass is 10.1. The molecule has 3 nitrogen and oxygen atoms in total. The number of carbonyl (C=O) groups excluding carboxylic acids is 1. The number of ketones is 1. The summed E-state index contributed by atoms with van der Waals surface area (Å²) in [5.74, 6) is 0.0135. The zero-order valence-corrected chi connectivity index (χ0v) is 12.4. The van der Waals surface area contributed by atoms with E-state index in [2.05, 4.69) is 6.07 Å². The fourth-order valence-electron chi connectivity index (χ4n) is 2.81. The van der Waals surface area contributed by atoms with Crippen molar-refractivity contribution in [1.82, 2.24) is 4.57 Å². The van der Waals surface area contributed by atoms with Crippen LogP contribution in [0.25, 0.3) is 10.9 Å². The minimum atomic E-state index is 0.0135. The molecule has 0 amide bonds. The van der Waals surface area contributed by atoms with Gasteiger partial charge in [-0.3, -0.25) is 4.79 Å². The Bertz CT molecular complexity index is 870. The van der Waals surface area contributed by atoms with Crippen molar-refractivity contribution in [3.63, 3.8) is 0 Å². The van der Waals surface area contributed by atoms with Gasteiger partial charge in [-0.2, -0.15) is 5.26 Å². The molecule has 2 aromatic carbocycles. The average Bonchev–Trinajstić information content (AvgIpc) is 2.89. The summed E-state index contributed by atoms with van der Waals surface area (Å²) in [4.78, 5) is 12.3. The summed E-state index contributed by atoms with van der Waals surface area (Å²) in [5.41, 5.74) is 3.04. The molecule has 3 rings (SSSR count). The standard InChI is InChI=1S/C19H16N2O/c1-2-18(22)19-15-10-6-7-11-16(15)21(17(19)12-20)13-14-8-4-3-5-9-14/h3-11H,2,13H2,1H3. The predicted octanol–water partition coefficient (Wildman–Crippen LogP) is 4.15. The number of Topliss-reactive ketones (excluding diaryl/α,β-unsaturated/α-hetero) is 1. The predicted molar refractivity (Wildman–Crippen MR) is 86.8 cm³/mol. The lowest BCUT2D eigenvalue weighted by Crippen LogP contribution is -2.05. The van der Waals surface area contributed by atoms with Crippen LogP contribution in [0.4, 0.5) is 0 Å². The Balaban J connectivity index is 2.25. The van der Waals surface area contributed by atoms with Crippen LogP contribution in [0.5, 0.6) is 0 Å². The molecular formula is C19H16N2O. The molecule has 3 heteroatoms. The summed E-state index contributed by atoms with van der Waals surface area (Å²) in [5, 5.41) is 10.5. The second-order valence-corrected chi connectivity index (χ2v) is 5.20. The Labute approximate surface area is 129 Å². The zero-order chi connectivity index (χ0) is 15.5. The molecule has 1 aromatic heterocycles. The molecule has 0 aliphatic rings. The number of nitriles is 1. The van der Waals surface area contributed by atoms with Crippen LogP contribution in [-0.2, 0) is 6.54 Å². The summed E-state index contributed by atoms with van der Waals surface area (Å²) >= 11 is 0. The van der Waals surface area contributed by atoms with Crippen LogP contribution in [0.1, 0.15) is 35.0 Å². The molecule has 0 aliphatic carbocycles. The molecule has 3 aromatic rings. The fraction of sp³-hybridized carbons (Fsp3) is 0.158. The van der Waals surface area contributed by atoms with E-state index < -0.39 is 0 Å². The second-order valence-electron chi connectivity index (χ2n) is 5.20. The first-order valence-electron chi connectivity index (χ1n) is 7.34. The number of hydrogen-bond donors (Lipinski definition) is 0. The van der Waals surface area contributed by atoms with Crippen LogP contribution in [0.15, 0.2) is 54.6 Å². The van der Waals surface area contributed by atoms with E-state index in [0.717, 1.165) is 16.5 Å². The van der Waals surface area contributed by atoms with Gasteiger partial charge in [0.25, 0.3) is 0 Å². The van der Waals surface area contributed by atoms with Gasteiger partial charge in [-0.1, -0.05) is 55.5 Å². The van der Waals surface area contributed by atoms with Crippen molar-refractivity contribution >= 4 is 16.7 Å². The number of para-hydroxylation sites is 1. The topological polar surface area (TPSA) is 45.8 Å². The van der Waals surface area contributed by atoms with Gasteiger partial charge >= 0.3 is 0 Å². The molecule has 22 heavy (non-hydrogen) atoms. The van der Waals surface area contributed by atoms with E-state index in [0.29, 0.717) is 24.2 Å². The van der Waals surface area contributed by atoms with E-state index in [-0.39, 0.29) is 5.78 Å². The molecule has 108 valence electrons. The number of hydrogen-bond acceptors (Lipinski definition) is 2. The molecule has 0 atom stereocenters. The average molecular weight is 288 g/mol. The Hall–Kier alpha value is -2.86. The molecule has 0 saturated heterocycles. The molecule has 0 bridgehead atoms. The maximum atomic E-state index is 12.3. The Morgan fingerprint density at radius 2 is 1.77 bits per heavy atom. The van der Waals surface area contributed by atoms with E-state index in [9.17, 15) is 10.1 Å². The van der Waals surface area contributed by atoms with Crippen molar-refractivity contribution in [2.45, 2.75) is 19.9 Å². The zero-order valence-electron chi connectivity index (χ0n) is 12.4. The number of benzene rings is 2. The maximum Gasteiger partial charge on any atom is 0.166 e. The minimum Gasteiger partial charge on any atom is -0.327 e. The molecule has 0 N–H and O–H groups in total. The monoisotopic (exact) mass is 288 g/mol. The largest absolute Gasteiger partial charge is 0.327 e. The fourth-order valence-corrected chi connectivity index (χ4v) is 2.81. The van der Waals surface area contributed by atoms with Crippen LogP contribution in [-0.4, -0.2) is 10.4 Å². The van der Waals surface area contributed by atoms with Gasteiger partial charge < -0.3 is 4.57 Å². The lowest BCUT2D eigenvalue weighted by Gasteiger charge is -2.07. The summed E-state index contributed by atoms with van der Waals surface area (Å²) in [6, 6.07) is 19.9. The molecule has 0 saturated carbocycles. The first-order valence-corrected chi connectivity index (χ1v) is 7.34. The normalized spacial score (nSPS) is 10.5. The quantitative estimate of drug-likeness (QED) is 0.677. The summed E-state index contributed by atoms with van der Waals surface area (Å²) in [6.45, 7) is 2.41. The van der Waals surface area contributed by atoms with Gasteiger partial charge in [-0.15, -0.1) is 0 Å². The van der Waals surface area contributed by atoms with Gasteiger partial charge in [0.05, 0.1) is 11.1 Å². The van der Waals surface area contributed by atoms with Crippen LogP contribution in [0.3, 0.4) is 0 Å². The van der Waals surface area contributed by atoms with Gasteiger partial charge in [0.1, 0.15) is 11.8 Å². The number of nitrogens with zero attached hydrogens (tertiary/aromatic N) is 2. The molecule has 0 aliphatic heterocycles. The third-order valence-electron chi connectivity index (χ3n) is 3.86. The van der Waals surface area contributed by atoms with E-state index >= 15 is 0 Å². The van der Waals surface area contributed by atoms with Gasteiger partial charge in [0.2, 0.25) is 0 Å². The van der Waals surface area contributed by atoms with E-state index in [1.54, 1.807) is 0 Å². The van der Waals surface area contributed by atoms with E-state index in [1.807, 2.05) is 66.1 Å². The van der Waals surface area contributed by atoms with E-state index in [4.69, 9.17) is 0 Å². The number of rotatable bonds is 4. The second kappa shape index (κ2) is 5.87. The highest BCUT2D eigenvalue weighted by Gasteiger charge is 2.21. The van der Waals surface area contributed by atoms with Crippen LogP contribution in [0, 0.1) is 11.3 Å². The smallest absolute Gasteiger partial charge is 0.166 e. The number of aromatic nitrogens is 1. The van der Waals surface area contributed by atoms with Crippen molar-refractivity contribution in [3.05, 3.63) is 71.4 Å². The molecule has 0 spiro atoms. The Kier molecular flexibility index (Phi) is 3.76. The van der Waals surface area contributed by atoms with Gasteiger partial charge in [0.15, 0.2) is 5.78 Å². The van der Waals surface area contributed by atoms with Gasteiger partial charge in [-0.05, 0) is 11.6 Å². The van der Waals surface area contributed by atoms with E-state index in [1.165, 1.54) is 0 Å². The lowest BCUT2D eigenvalue weighted by molar-refractivity contribution is 0.0989. The van der Waals surface area contributed by atoms with Crippen LogP contribution < -0.4 is 0 Å². The number of fused-ring (bicyclic) bond motifs is 1. The highest BCUT2D eigenvalue weighted by atomic mass is 16.1. The molecular weight excluding hydrogens is 272 g/mol. The molecule has 0 fully saturated rings. The van der Waals surface area contributed by atoms with Crippen molar-refractivity contribution in [2.24, 2.45) is 0 Å². The van der Waals surface area contributed by atoms with Crippen molar-refractivity contribution < 1.29 is 4.79 Å². The Morgan fingerprint density at radius 1 is 1.09 bits per heavy atom. The maximum absolute atomic E-state index is 12.3. The third kappa shape index (κ3) is 2.29. The highest BCUT2D eigenvalue weighted by molar-refractivity contribution is 6.10. The van der Waals surface area contributed by atoms with Crippen LogP contribution >= 0.6 is 0 Å². The highest BCUT2D eigenvalue weighted by Crippen LogP contribution is 2.28. The minimum absolute atomic E-state index is 0.0135. The summed E-state index contributed by atoms with van der Waals surface area (Å²) < 4.78 is 1.94. The first kappa shape index (κ1) is 14.1. The SMILES string of the molecule is CCC(=O)c1c(C#N)n(Cc2ccccc2)c2ccccc12. The third-order valence-corrected chi connectivity index (χ3v) is 3.86. The number of carbonyl (C=O) groups is 1. The van der Waals surface area contributed by atoms with Gasteiger partial charge in [-0.25, -0.2) is 0 Å². The molecule has 0 unspecified atom stereocenters. The van der Waals surface area contributed by atoms with Gasteiger partial charge in [0, 0.05) is 18.4 Å². The summed E-state index contributed by atoms with van der Waals surface area (Å²) in [7, 11) is 0. The first-order chi connectivity index (χ1) is 10.8. The molecule has 0 radical (unpaired) electrons. The van der Waals surface area contributed by atoms with Crippen molar-refractivity contribution in [1.29, 1.82) is 5.26 Å². The van der Waals surface area contributed by atoms with Crippen molar-refractivity contribution in [2.75, 3.05) is 0 Å². The summed E-state index contributed by atoms with van der Waals surface area (Å²) in [6.07, 6.45) is 0.397.